The lowest BCUT2D eigenvalue weighted by atomic mass is 9.88. The molecule has 8 heteroatoms. The lowest BCUT2D eigenvalue weighted by molar-refractivity contribution is -0.128. The molecule has 2 aliphatic rings. The first-order valence-corrected chi connectivity index (χ1v) is 12.6. The summed E-state index contributed by atoms with van der Waals surface area (Å²) in [5.74, 6) is -1.32. The molecule has 0 unspecified atom stereocenters. The Labute approximate surface area is 206 Å². The summed E-state index contributed by atoms with van der Waals surface area (Å²) in [4.78, 5) is 60.4. The summed E-state index contributed by atoms with van der Waals surface area (Å²) < 4.78 is 0. The highest BCUT2D eigenvalue weighted by atomic mass is 16.2. The molecule has 0 radical (unpaired) electrons. The minimum absolute atomic E-state index is 0.0608. The van der Waals surface area contributed by atoms with Crippen LogP contribution in [-0.4, -0.2) is 95.6 Å². The first-order valence-electron chi connectivity index (χ1n) is 12.6. The zero-order valence-corrected chi connectivity index (χ0v) is 21.1. The van der Waals surface area contributed by atoms with Gasteiger partial charge in [0.15, 0.2) is 0 Å². The Morgan fingerprint density at radius 3 is 1.57 bits per heavy atom. The summed E-state index contributed by atoms with van der Waals surface area (Å²) in [6, 6.07) is 6.75. The van der Waals surface area contributed by atoms with E-state index in [1.165, 1.54) is 9.80 Å². The second-order valence-corrected chi connectivity index (χ2v) is 9.03. The standard InChI is InChI=1S/C27H34N4O4/c1-5-28(6-2)13-15-30-22(32)17-18-9-10-20-24-21(12-11-19(23(18)24)25(30)33)27(35)31(26(20)34)16-14-29(7-3)8-4/h9-12H,5-8,13-17H2,1-4H3. The molecule has 0 aromatic heterocycles. The second-order valence-electron chi connectivity index (χ2n) is 9.03. The average Bonchev–Trinajstić information content (AvgIpc) is 2.96. The van der Waals surface area contributed by atoms with E-state index in [-0.39, 0.29) is 30.0 Å². The molecule has 2 aromatic carbocycles. The lowest BCUT2D eigenvalue weighted by Crippen LogP contribution is -2.44. The number of hydrogen-bond acceptors (Lipinski definition) is 6. The van der Waals surface area contributed by atoms with Crippen LogP contribution in [0.5, 0.6) is 0 Å². The summed E-state index contributed by atoms with van der Waals surface area (Å²) in [5, 5.41) is 1.06. The zero-order chi connectivity index (χ0) is 25.3. The Hall–Kier alpha value is -3.10. The Morgan fingerprint density at radius 1 is 0.629 bits per heavy atom. The average molecular weight is 479 g/mol. The van der Waals surface area contributed by atoms with Crippen molar-refractivity contribution in [1.82, 2.24) is 19.6 Å². The Kier molecular flexibility index (Phi) is 7.33. The van der Waals surface area contributed by atoms with Gasteiger partial charge in [-0.25, -0.2) is 0 Å². The number of carbonyl (C=O) groups excluding carboxylic acids is 4. The molecule has 0 spiro atoms. The topological polar surface area (TPSA) is 81.2 Å². The Morgan fingerprint density at radius 2 is 1.06 bits per heavy atom. The highest BCUT2D eigenvalue weighted by molar-refractivity contribution is 6.29. The smallest absolute Gasteiger partial charge is 0.261 e. The van der Waals surface area contributed by atoms with Crippen molar-refractivity contribution in [3.63, 3.8) is 0 Å². The van der Waals surface area contributed by atoms with Crippen molar-refractivity contribution in [3.8, 4) is 0 Å². The molecule has 0 fully saturated rings. The molecule has 2 aromatic rings. The van der Waals surface area contributed by atoms with Gasteiger partial charge in [-0.05, 0) is 55.3 Å². The maximum absolute atomic E-state index is 13.5. The van der Waals surface area contributed by atoms with Crippen molar-refractivity contribution in [3.05, 3.63) is 46.5 Å². The van der Waals surface area contributed by atoms with E-state index in [0.717, 1.165) is 26.2 Å². The van der Waals surface area contributed by atoms with Crippen LogP contribution in [0.3, 0.4) is 0 Å². The van der Waals surface area contributed by atoms with Crippen molar-refractivity contribution in [2.75, 3.05) is 52.4 Å². The Bertz CT molecular complexity index is 1160. The van der Waals surface area contributed by atoms with Gasteiger partial charge in [0.05, 0.1) is 6.42 Å². The number of rotatable bonds is 10. The third kappa shape index (κ3) is 4.36. The van der Waals surface area contributed by atoms with Crippen molar-refractivity contribution in [2.45, 2.75) is 34.1 Å². The number of likely N-dealkylation sites (N-methyl/N-ethyl adjacent to an activating group) is 2. The summed E-state index contributed by atoms with van der Waals surface area (Å²) in [6.45, 7) is 13.4. The molecule has 0 bridgehead atoms. The predicted octanol–water partition coefficient (Wildman–Crippen LogP) is 2.64. The van der Waals surface area contributed by atoms with Crippen LogP contribution in [0.4, 0.5) is 0 Å². The van der Waals surface area contributed by atoms with Crippen LogP contribution in [0.15, 0.2) is 24.3 Å². The van der Waals surface area contributed by atoms with Gasteiger partial charge in [-0.15, -0.1) is 0 Å². The van der Waals surface area contributed by atoms with E-state index in [1.54, 1.807) is 24.3 Å². The first-order chi connectivity index (χ1) is 16.9. The molecule has 186 valence electrons. The normalized spacial score (nSPS) is 15.7. The molecule has 0 N–H and O–H groups in total. The zero-order valence-electron chi connectivity index (χ0n) is 21.1. The largest absolute Gasteiger partial charge is 0.302 e. The number of amides is 4. The quantitative estimate of drug-likeness (QED) is 0.489. The van der Waals surface area contributed by atoms with Crippen LogP contribution >= 0.6 is 0 Å². The fourth-order valence-corrected chi connectivity index (χ4v) is 5.14. The van der Waals surface area contributed by atoms with Gasteiger partial charge in [-0.2, -0.15) is 0 Å². The molecule has 0 saturated carbocycles. The lowest BCUT2D eigenvalue weighted by Gasteiger charge is -2.30. The van der Waals surface area contributed by atoms with Crippen LogP contribution < -0.4 is 0 Å². The maximum atomic E-state index is 13.5. The van der Waals surface area contributed by atoms with Gasteiger partial charge in [-0.3, -0.25) is 29.0 Å². The summed E-state index contributed by atoms with van der Waals surface area (Å²) in [5.41, 5.74) is 1.89. The van der Waals surface area contributed by atoms with Crippen LogP contribution in [0.1, 0.15) is 64.3 Å². The highest BCUT2D eigenvalue weighted by Crippen LogP contribution is 2.36. The monoisotopic (exact) mass is 478 g/mol. The van der Waals surface area contributed by atoms with Crippen molar-refractivity contribution in [2.24, 2.45) is 0 Å². The highest BCUT2D eigenvalue weighted by Gasteiger charge is 2.37. The van der Waals surface area contributed by atoms with Crippen molar-refractivity contribution >= 4 is 34.4 Å². The molecule has 2 heterocycles. The maximum Gasteiger partial charge on any atom is 0.261 e. The summed E-state index contributed by atoms with van der Waals surface area (Å²) >= 11 is 0. The fraction of sp³-hybridized carbons (Fsp3) is 0.481. The number of hydrogen-bond donors (Lipinski definition) is 0. The molecule has 0 atom stereocenters. The van der Waals surface area contributed by atoms with Gasteiger partial charge in [0.2, 0.25) is 5.91 Å². The predicted molar refractivity (Wildman–Crippen MR) is 135 cm³/mol. The second kappa shape index (κ2) is 10.3. The first kappa shape index (κ1) is 25.0. The molecule has 2 aliphatic heterocycles. The van der Waals surface area contributed by atoms with Crippen LogP contribution in [-0.2, 0) is 11.2 Å². The van der Waals surface area contributed by atoms with Gasteiger partial charge < -0.3 is 9.80 Å². The van der Waals surface area contributed by atoms with Gasteiger partial charge in [0.1, 0.15) is 0 Å². The molecule has 0 saturated heterocycles. The van der Waals surface area contributed by atoms with E-state index < -0.39 is 0 Å². The third-order valence-electron chi connectivity index (χ3n) is 7.38. The summed E-state index contributed by atoms with van der Waals surface area (Å²) in [7, 11) is 0. The van der Waals surface area contributed by atoms with Gasteiger partial charge in [-0.1, -0.05) is 33.8 Å². The van der Waals surface area contributed by atoms with E-state index in [2.05, 4.69) is 9.80 Å². The van der Waals surface area contributed by atoms with E-state index >= 15 is 0 Å². The molecule has 8 nitrogen and oxygen atoms in total. The van der Waals surface area contributed by atoms with E-state index in [0.29, 0.717) is 59.2 Å². The van der Waals surface area contributed by atoms with Crippen molar-refractivity contribution < 1.29 is 19.2 Å². The number of imide groups is 2. The van der Waals surface area contributed by atoms with Crippen LogP contribution in [0, 0.1) is 0 Å². The minimum Gasteiger partial charge on any atom is -0.302 e. The third-order valence-corrected chi connectivity index (χ3v) is 7.38. The molecule has 35 heavy (non-hydrogen) atoms. The minimum atomic E-state index is -0.367. The number of nitrogens with zero attached hydrogens (tertiary/aromatic N) is 4. The van der Waals surface area contributed by atoms with Crippen molar-refractivity contribution in [1.29, 1.82) is 0 Å². The Balaban J connectivity index is 1.74. The molecular weight excluding hydrogens is 444 g/mol. The molecule has 4 rings (SSSR count). The van der Waals surface area contributed by atoms with Gasteiger partial charge >= 0.3 is 0 Å². The van der Waals surface area contributed by atoms with Crippen LogP contribution in [0.25, 0.3) is 10.8 Å². The molecular formula is C27H34N4O4. The van der Waals surface area contributed by atoms with Gasteiger partial charge in [0.25, 0.3) is 17.7 Å². The SMILES string of the molecule is CCN(CC)CCN1C(=O)Cc2ccc3c4c(ccc(c24)C1=O)C(=O)N(CCN(CC)CC)C3=O. The fourth-order valence-electron chi connectivity index (χ4n) is 5.14. The van der Waals surface area contributed by atoms with E-state index in [4.69, 9.17) is 0 Å². The van der Waals surface area contributed by atoms with Crippen LogP contribution in [0.2, 0.25) is 0 Å². The molecule has 4 amide bonds. The number of benzene rings is 2. The molecule has 0 aliphatic carbocycles. The van der Waals surface area contributed by atoms with E-state index in [1.807, 2.05) is 27.7 Å². The number of carbonyl (C=O) groups is 4. The summed E-state index contributed by atoms with van der Waals surface area (Å²) in [6.07, 6.45) is 0.0608. The van der Waals surface area contributed by atoms with Gasteiger partial charge in [0, 0.05) is 48.3 Å². The van der Waals surface area contributed by atoms with E-state index in [9.17, 15) is 19.2 Å².